The molecule has 2 rings (SSSR count). The Balaban J connectivity index is 0.00000312. The first-order valence-electron chi connectivity index (χ1n) is 7.99. The van der Waals surface area contributed by atoms with Crippen molar-refractivity contribution in [3.63, 3.8) is 0 Å². The number of guanidine groups is 1. The third-order valence-electron chi connectivity index (χ3n) is 3.28. The van der Waals surface area contributed by atoms with E-state index in [0.717, 1.165) is 18.8 Å². The number of aliphatic imine (C=N–C) groups is 1. The lowest BCUT2D eigenvalue weighted by molar-refractivity contribution is -0.124. The Morgan fingerprint density at radius 1 is 1.28 bits per heavy atom. The second-order valence-electron chi connectivity index (χ2n) is 5.05. The summed E-state index contributed by atoms with van der Waals surface area (Å²) >= 11 is 1.77. The third kappa shape index (κ3) is 7.51. The standard InChI is InChI=1S/C16H23N5O2S.HI/c1-2-17-15(18-8-10-21-14(22)12-20-16(21)23)19-9-11-24-13-6-4-3-5-7-13;/h3-7H,2,8-12H2,1H3,(H,20,23)(H2,17,18,19);1H. The molecule has 0 spiro atoms. The van der Waals surface area contributed by atoms with E-state index >= 15 is 0 Å². The number of benzene rings is 1. The minimum atomic E-state index is -0.340. The fourth-order valence-corrected chi connectivity index (χ4v) is 2.93. The average molecular weight is 477 g/mol. The Morgan fingerprint density at radius 3 is 2.68 bits per heavy atom. The van der Waals surface area contributed by atoms with Gasteiger partial charge in [0.15, 0.2) is 5.96 Å². The lowest BCUT2D eigenvalue weighted by Gasteiger charge is -2.13. The summed E-state index contributed by atoms with van der Waals surface area (Å²) in [4.78, 5) is 29.8. The van der Waals surface area contributed by atoms with E-state index < -0.39 is 0 Å². The maximum Gasteiger partial charge on any atom is 0.324 e. The molecule has 1 aromatic carbocycles. The van der Waals surface area contributed by atoms with Crippen LogP contribution in [0.4, 0.5) is 4.79 Å². The van der Waals surface area contributed by atoms with Crippen LogP contribution in [0.25, 0.3) is 0 Å². The van der Waals surface area contributed by atoms with E-state index in [0.29, 0.717) is 19.0 Å². The number of thioether (sulfide) groups is 1. The Labute approximate surface area is 169 Å². The number of hydrogen-bond donors (Lipinski definition) is 3. The lowest BCUT2D eigenvalue weighted by atomic mass is 10.4. The molecule has 1 aliphatic heterocycles. The number of nitrogens with zero attached hydrogens (tertiary/aromatic N) is 2. The summed E-state index contributed by atoms with van der Waals surface area (Å²) in [6, 6.07) is 9.88. The number of carbonyl (C=O) groups is 2. The van der Waals surface area contributed by atoms with Gasteiger partial charge in [-0.05, 0) is 19.1 Å². The first-order chi connectivity index (χ1) is 11.7. The molecule has 138 valence electrons. The number of nitrogens with one attached hydrogen (secondary N) is 3. The minimum absolute atomic E-state index is 0. The molecule has 1 aromatic rings. The van der Waals surface area contributed by atoms with Gasteiger partial charge < -0.3 is 16.0 Å². The topological polar surface area (TPSA) is 85.8 Å². The molecule has 25 heavy (non-hydrogen) atoms. The molecular formula is C16H24IN5O2S. The molecule has 0 radical (unpaired) electrons. The molecule has 1 aliphatic rings. The highest BCUT2D eigenvalue weighted by Gasteiger charge is 2.27. The van der Waals surface area contributed by atoms with Crippen molar-refractivity contribution in [3.05, 3.63) is 30.3 Å². The predicted molar refractivity (Wildman–Crippen MR) is 112 cm³/mol. The van der Waals surface area contributed by atoms with Crippen LogP contribution in [0.3, 0.4) is 0 Å². The highest BCUT2D eigenvalue weighted by molar-refractivity contribution is 14.0. The summed E-state index contributed by atoms with van der Waals surface area (Å²) in [5.41, 5.74) is 0. The van der Waals surface area contributed by atoms with Crippen molar-refractivity contribution < 1.29 is 9.59 Å². The maximum atomic E-state index is 11.5. The average Bonchev–Trinajstić information content (AvgIpc) is 2.91. The third-order valence-corrected chi connectivity index (χ3v) is 4.29. The van der Waals surface area contributed by atoms with Crippen molar-refractivity contribution in [2.75, 3.05) is 38.5 Å². The molecule has 1 fully saturated rings. The van der Waals surface area contributed by atoms with Crippen LogP contribution in [0.5, 0.6) is 0 Å². The molecule has 0 bridgehead atoms. The quantitative estimate of drug-likeness (QED) is 0.132. The first-order valence-corrected chi connectivity index (χ1v) is 8.97. The molecule has 0 aromatic heterocycles. The number of imide groups is 1. The predicted octanol–water partition coefficient (Wildman–Crippen LogP) is 1.50. The molecule has 7 nitrogen and oxygen atoms in total. The van der Waals surface area contributed by atoms with Crippen LogP contribution in [-0.2, 0) is 4.79 Å². The van der Waals surface area contributed by atoms with Crippen LogP contribution in [-0.4, -0.2) is 61.3 Å². The zero-order valence-electron chi connectivity index (χ0n) is 14.2. The molecule has 0 unspecified atom stereocenters. The maximum absolute atomic E-state index is 11.5. The van der Waals surface area contributed by atoms with Crippen LogP contribution in [0.2, 0.25) is 0 Å². The Morgan fingerprint density at radius 2 is 2.04 bits per heavy atom. The van der Waals surface area contributed by atoms with E-state index in [1.807, 2.05) is 25.1 Å². The van der Waals surface area contributed by atoms with Gasteiger partial charge in [0.2, 0.25) is 5.91 Å². The summed E-state index contributed by atoms with van der Waals surface area (Å²) in [7, 11) is 0. The van der Waals surface area contributed by atoms with E-state index in [1.54, 1.807) is 11.8 Å². The number of halogens is 1. The summed E-state index contributed by atoms with van der Waals surface area (Å²) in [5, 5.41) is 8.90. The van der Waals surface area contributed by atoms with Gasteiger partial charge in [-0.3, -0.25) is 14.7 Å². The molecule has 9 heteroatoms. The minimum Gasteiger partial charge on any atom is -0.357 e. The largest absolute Gasteiger partial charge is 0.357 e. The molecule has 1 saturated heterocycles. The van der Waals surface area contributed by atoms with Gasteiger partial charge >= 0.3 is 6.03 Å². The van der Waals surface area contributed by atoms with Gasteiger partial charge in [0.1, 0.15) is 0 Å². The van der Waals surface area contributed by atoms with Gasteiger partial charge in [-0.25, -0.2) is 4.79 Å². The van der Waals surface area contributed by atoms with Crippen LogP contribution in [0, 0.1) is 0 Å². The van der Waals surface area contributed by atoms with Gasteiger partial charge in [0, 0.05) is 23.7 Å². The second kappa shape index (κ2) is 12.0. The molecule has 1 heterocycles. The SMILES string of the molecule is CCNC(=NCCN1C(=O)CNC1=O)NCCSc1ccccc1.I. The van der Waals surface area contributed by atoms with E-state index in [2.05, 4.69) is 33.1 Å². The highest BCUT2D eigenvalue weighted by Crippen LogP contribution is 2.15. The number of hydrogen-bond acceptors (Lipinski definition) is 4. The van der Waals surface area contributed by atoms with Gasteiger partial charge in [0.05, 0.1) is 19.6 Å². The van der Waals surface area contributed by atoms with Crippen molar-refractivity contribution in [2.45, 2.75) is 11.8 Å². The van der Waals surface area contributed by atoms with Crippen molar-refractivity contribution in [3.8, 4) is 0 Å². The van der Waals surface area contributed by atoms with E-state index in [-0.39, 0.29) is 42.5 Å². The number of urea groups is 1. The normalized spacial score (nSPS) is 14.1. The monoisotopic (exact) mass is 477 g/mol. The Kier molecular flexibility index (Phi) is 10.3. The molecular weight excluding hydrogens is 453 g/mol. The zero-order chi connectivity index (χ0) is 17.2. The van der Waals surface area contributed by atoms with E-state index in [9.17, 15) is 9.59 Å². The first kappa shape index (κ1) is 21.6. The van der Waals surface area contributed by atoms with Gasteiger partial charge in [-0.2, -0.15) is 0 Å². The Bertz CT molecular complexity index is 569. The fourth-order valence-electron chi connectivity index (χ4n) is 2.14. The summed E-state index contributed by atoms with van der Waals surface area (Å²) in [5.74, 6) is 1.41. The smallest absolute Gasteiger partial charge is 0.324 e. The van der Waals surface area contributed by atoms with E-state index in [4.69, 9.17) is 0 Å². The van der Waals surface area contributed by atoms with Crippen molar-refractivity contribution in [1.82, 2.24) is 20.9 Å². The van der Waals surface area contributed by atoms with Gasteiger partial charge in [-0.1, -0.05) is 18.2 Å². The van der Waals surface area contributed by atoms with Crippen molar-refractivity contribution in [2.24, 2.45) is 4.99 Å². The van der Waals surface area contributed by atoms with Crippen LogP contribution < -0.4 is 16.0 Å². The summed E-state index contributed by atoms with van der Waals surface area (Å²) < 4.78 is 0. The summed E-state index contributed by atoms with van der Waals surface area (Å²) in [6.45, 7) is 4.26. The van der Waals surface area contributed by atoms with Crippen LogP contribution in [0.15, 0.2) is 40.2 Å². The van der Waals surface area contributed by atoms with Crippen molar-refractivity contribution in [1.29, 1.82) is 0 Å². The number of carbonyl (C=O) groups excluding carboxylic acids is 2. The molecule has 3 amide bonds. The number of amides is 3. The second-order valence-corrected chi connectivity index (χ2v) is 6.22. The highest BCUT2D eigenvalue weighted by atomic mass is 127. The zero-order valence-corrected chi connectivity index (χ0v) is 17.3. The number of rotatable bonds is 8. The van der Waals surface area contributed by atoms with Gasteiger partial charge in [0.25, 0.3) is 0 Å². The lowest BCUT2D eigenvalue weighted by Crippen LogP contribution is -2.39. The van der Waals surface area contributed by atoms with Crippen LogP contribution in [0.1, 0.15) is 6.92 Å². The molecule has 0 aliphatic carbocycles. The van der Waals surface area contributed by atoms with E-state index in [1.165, 1.54) is 9.80 Å². The fraction of sp³-hybridized carbons (Fsp3) is 0.438. The van der Waals surface area contributed by atoms with Gasteiger partial charge in [-0.15, -0.1) is 35.7 Å². The summed E-state index contributed by atoms with van der Waals surface area (Å²) in [6.07, 6.45) is 0. The van der Waals surface area contributed by atoms with Crippen LogP contribution >= 0.6 is 35.7 Å². The van der Waals surface area contributed by atoms with Crippen molar-refractivity contribution >= 4 is 53.6 Å². The Hall–Kier alpha value is -1.49. The molecule has 0 saturated carbocycles. The molecule has 3 N–H and O–H groups in total. The molecule has 0 atom stereocenters.